The third kappa shape index (κ3) is 5.91. The van der Waals surface area contributed by atoms with Gasteiger partial charge in [-0.1, -0.05) is 34.1 Å². The second kappa shape index (κ2) is 8.54. The fourth-order valence-electron chi connectivity index (χ4n) is 1.58. The molecular weight excluding hydrogens is 430 g/mol. The lowest BCUT2D eigenvalue weighted by molar-refractivity contribution is -0.123. The number of ether oxygens (including phenoxy) is 1. The van der Waals surface area contributed by atoms with Crippen molar-refractivity contribution >= 4 is 49.5 Å². The minimum Gasteiger partial charge on any atom is -0.483 e. The number of carbonyl (C=O) groups excluding carboxylic acids is 2. The molecule has 0 saturated heterocycles. The van der Waals surface area contributed by atoms with Crippen LogP contribution in [0.5, 0.6) is 5.75 Å². The number of amides is 3. The Hall–Kier alpha value is -2.06. The Morgan fingerprint density at radius 2 is 1.74 bits per heavy atom. The summed E-state index contributed by atoms with van der Waals surface area (Å²) in [6.45, 7) is -0.230. The summed E-state index contributed by atoms with van der Waals surface area (Å²) in [5.74, 6) is 0.0418. The molecule has 0 aliphatic rings. The van der Waals surface area contributed by atoms with Crippen LogP contribution in [0.15, 0.2) is 57.5 Å². The summed E-state index contributed by atoms with van der Waals surface area (Å²) in [6, 6.07) is 13.7. The molecule has 0 atom stereocenters. The Bertz CT molecular complexity index is 696. The maximum absolute atomic E-state index is 11.6. The molecule has 0 heterocycles. The fraction of sp³-hybridized carbons (Fsp3) is 0.0667. The normalized spacial score (nSPS) is 9.83. The van der Waals surface area contributed by atoms with Crippen molar-refractivity contribution in [1.29, 1.82) is 0 Å². The van der Waals surface area contributed by atoms with Crippen LogP contribution in [0.4, 0.5) is 10.5 Å². The lowest BCUT2D eigenvalue weighted by atomic mass is 10.3. The van der Waals surface area contributed by atoms with Gasteiger partial charge in [-0.25, -0.2) is 10.2 Å². The van der Waals surface area contributed by atoms with Crippen molar-refractivity contribution < 1.29 is 14.3 Å². The minimum absolute atomic E-state index is 0.230. The van der Waals surface area contributed by atoms with Crippen LogP contribution < -0.4 is 20.9 Å². The first kappa shape index (κ1) is 17.3. The Balaban J connectivity index is 1.73. The standard InChI is InChI=1S/C15H13Br2N3O3/c16-10-6-7-13(12(17)8-10)23-9-14(21)19-20-15(22)18-11-4-2-1-3-5-11/h1-8H,9H2,(H,19,21)(H2,18,20,22). The largest absolute Gasteiger partial charge is 0.483 e. The Kier molecular flexibility index (Phi) is 6.42. The van der Waals surface area contributed by atoms with E-state index in [1.165, 1.54) is 0 Å². The zero-order chi connectivity index (χ0) is 16.7. The zero-order valence-electron chi connectivity index (χ0n) is 11.8. The van der Waals surface area contributed by atoms with E-state index in [9.17, 15) is 9.59 Å². The predicted octanol–water partition coefficient (Wildman–Crippen LogP) is 3.44. The van der Waals surface area contributed by atoms with Crippen LogP contribution in [-0.2, 0) is 4.79 Å². The molecule has 3 amide bonds. The van der Waals surface area contributed by atoms with Crippen LogP contribution in [0.2, 0.25) is 0 Å². The van der Waals surface area contributed by atoms with Gasteiger partial charge < -0.3 is 10.1 Å². The number of hydrogen-bond acceptors (Lipinski definition) is 3. The summed E-state index contributed by atoms with van der Waals surface area (Å²) >= 11 is 6.66. The lowest BCUT2D eigenvalue weighted by Gasteiger charge is -2.10. The van der Waals surface area contributed by atoms with Gasteiger partial charge in [0.05, 0.1) is 4.47 Å². The molecule has 3 N–H and O–H groups in total. The van der Waals surface area contributed by atoms with Gasteiger partial charge in [0.15, 0.2) is 6.61 Å². The monoisotopic (exact) mass is 441 g/mol. The highest BCUT2D eigenvalue weighted by atomic mass is 79.9. The molecule has 0 spiro atoms. The van der Waals surface area contributed by atoms with E-state index < -0.39 is 11.9 Å². The molecule has 2 aromatic carbocycles. The van der Waals surface area contributed by atoms with E-state index in [-0.39, 0.29) is 6.61 Å². The topological polar surface area (TPSA) is 79.5 Å². The molecular formula is C15H13Br2N3O3. The molecule has 6 nitrogen and oxygen atoms in total. The summed E-state index contributed by atoms with van der Waals surface area (Å²) in [4.78, 5) is 23.2. The summed E-state index contributed by atoms with van der Waals surface area (Å²) in [6.07, 6.45) is 0. The number of nitrogens with one attached hydrogen (secondary N) is 3. The molecule has 0 saturated carbocycles. The second-order valence-electron chi connectivity index (χ2n) is 4.36. The van der Waals surface area contributed by atoms with Gasteiger partial charge >= 0.3 is 6.03 Å². The number of carbonyl (C=O) groups is 2. The fourth-order valence-corrected chi connectivity index (χ4v) is 2.74. The van der Waals surface area contributed by atoms with Crippen molar-refractivity contribution in [2.24, 2.45) is 0 Å². The number of hydrazine groups is 1. The zero-order valence-corrected chi connectivity index (χ0v) is 15.0. The molecule has 2 aromatic rings. The molecule has 0 aromatic heterocycles. The van der Waals surface area contributed by atoms with E-state index in [0.29, 0.717) is 11.4 Å². The van der Waals surface area contributed by atoms with Crippen molar-refractivity contribution in [3.8, 4) is 5.75 Å². The number of benzene rings is 2. The Morgan fingerprint density at radius 3 is 2.43 bits per heavy atom. The molecule has 0 bridgehead atoms. The first-order chi connectivity index (χ1) is 11.0. The number of anilines is 1. The van der Waals surface area contributed by atoms with E-state index in [2.05, 4.69) is 48.0 Å². The van der Waals surface area contributed by atoms with E-state index in [4.69, 9.17) is 4.74 Å². The highest BCUT2D eigenvalue weighted by Gasteiger charge is 2.07. The summed E-state index contributed by atoms with van der Waals surface area (Å²) in [5, 5.41) is 2.57. The quantitative estimate of drug-likeness (QED) is 0.634. The van der Waals surface area contributed by atoms with Crippen LogP contribution in [-0.4, -0.2) is 18.5 Å². The highest BCUT2D eigenvalue weighted by molar-refractivity contribution is 9.11. The number of para-hydroxylation sites is 1. The Morgan fingerprint density at radius 1 is 1.00 bits per heavy atom. The van der Waals surface area contributed by atoms with Crippen molar-refractivity contribution in [3.63, 3.8) is 0 Å². The maximum atomic E-state index is 11.6. The van der Waals surface area contributed by atoms with Gasteiger partial charge in [-0.05, 0) is 46.3 Å². The number of halogens is 2. The molecule has 0 aliphatic heterocycles. The van der Waals surface area contributed by atoms with Gasteiger partial charge in [0, 0.05) is 10.2 Å². The molecule has 2 rings (SSSR count). The van der Waals surface area contributed by atoms with Gasteiger partial charge in [-0.15, -0.1) is 0 Å². The van der Waals surface area contributed by atoms with Crippen molar-refractivity contribution in [2.75, 3.05) is 11.9 Å². The van der Waals surface area contributed by atoms with E-state index in [1.54, 1.807) is 42.5 Å². The molecule has 0 unspecified atom stereocenters. The third-order valence-electron chi connectivity index (χ3n) is 2.60. The molecule has 0 aliphatic carbocycles. The maximum Gasteiger partial charge on any atom is 0.337 e. The molecule has 0 radical (unpaired) electrons. The van der Waals surface area contributed by atoms with E-state index in [1.807, 2.05) is 6.07 Å². The van der Waals surface area contributed by atoms with E-state index >= 15 is 0 Å². The third-order valence-corrected chi connectivity index (χ3v) is 3.71. The second-order valence-corrected chi connectivity index (χ2v) is 6.13. The van der Waals surface area contributed by atoms with Gasteiger partial charge in [0.2, 0.25) is 0 Å². The first-order valence-corrected chi connectivity index (χ1v) is 8.12. The molecule has 120 valence electrons. The summed E-state index contributed by atoms with van der Waals surface area (Å²) in [7, 11) is 0. The summed E-state index contributed by atoms with van der Waals surface area (Å²) in [5.41, 5.74) is 5.12. The predicted molar refractivity (Wildman–Crippen MR) is 94.1 cm³/mol. The van der Waals surface area contributed by atoms with Crippen molar-refractivity contribution in [3.05, 3.63) is 57.5 Å². The van der Waals surface area contributed by atoms with Crippen molar-refractivity contribution in [2.45, 2.75) is 0 Å². The van der Waals surface area contributed by atoms with Crippen molar-refractivity contribution in [1.82, 2.24) is 10.9 Å². The molecule has 0 fully saturated rings. The SMILES string of the molecule is O=C(COc1ccc(Br)cc1Br)NNC(=O)Nc1ccccc1. The lowest BCUT2D eigenvalue weighted by Crippen LogP contribution is -2.45. The number of rotatable bonds is 4. The van der Waals surface area contributed by atoms with Crippen LogP contribution in [0.25, 0.3) is 0 Å². The number of urea groups is 1. The highest BCUT2D eigenvalue weighted by Crippen LogP contribution is 2.27. The molecule has 8 heteroatoms. The van der Waals surface area contributed by atoms with Gasteiger partial charge in [-0.2, -0.15) is 0 Å². The number of hydrogen-bond donors (Lipinski definition) is 3. The molecule has 23 heavy (non-hydrogen) atoms. The smallest absolute Gasteiger partial charge is 0.337 e. The van der Waals surface area contributed by atoms with Crippen LogP contribution >= 0.6 is 31.9 Å². The van der Waals surface area contributed by atoms with Crippen LogP contribution in [0.1, 0.15) is 0 Å². The average Bonchev–Trinajstić information content (AvgIpc) is 2.53. The first-order valence-electron chi connectivity index (χ1n) is 6.53. The van der Waals surface area contributed by atoms with Gasteiger partial charge in [0.1, 0.15) is 5.75 Å². The van der Waals surface area contributed by atoms with Gasteiger partial charge in [-0.3, -0.25) is 10.2 Å². The minimum atomic E-state index is -0.547. The van der Waals surface area contributed by atoms with Crippen LogP contribution in [0, 0.1) is 0 Å². The van der Waals surface area contributed by atoms with Gasteiger partial charge in [0.25, 0.3) is 5.91 Å². The Labute approximate surface area is 149 Å². The van der Waals surface area contributed by atoms with E-state index in [0.717, 1.165) is 8.95 Å². The van der Waals surface area contributed by atoms with Crippen LogP contribution in [0.3, 0.4) is 0 Å². The average molecular weight is 443 g/mol. The summed E-state index contributed by atoms with van der Waals surface area (Å²) < 4.78 is 6.96.